The Hall–Kier alpha value is -3.22. The highest BCUT2D eigenvalue weighted by molar-refractivity contribution is 7.89. The van der Waals surface area contributed by atoms with Crippen LogP contribution in [-0.4, -0.2) is 65.1 Å². The molecule has 2 aromatic carbocycles. The Bertz CT molecular complexity index is 1050. The van der Waals surface area contributed by atoms with Gasteiger partial charge in [-0.1, -0.05) is 0 Å². The first-order chi connectivity index (χ1) is 14.6. The van der Waals surface area contributed by atoms with Gasteiger partial charge in [-0.2, -0.15) is 0 Å². The number of carbonyl (C=O) groups is 1. The topological polar surface area (TPSA) is 137 Å². The van der Waals surface area contributed by atoms with Crippen molar-refractivity contribution in [2.24, 2.45) is 0 Å². The summed E-state index contributed by atoms with van der Waals surface area (Å²) in [6, 6.07) is 7.75. The Labute approximate surface area is 179 Å². The zero-order chi connectivity index (χ0) is 23.2. The van der Waals surface area contributed by atoms with Gasteiger partial charge in [0.15, 0.2) is 11.5 Å². The van der Waals surface area contributed by atoms with Gasteiger partial charge in [0.25, 0.3) is 11.6 Å². The van der Waals surface area contributed by atoms with Crippen molar-refractivity contribution in [1.29, 1.82) is 0 Å². The van der Waals surface area contributed by atoms with Gasteiger partial charge in [-0.3, -0.25) is 14.9 Å². The standard InChI is InChI=1S/C19H23N3O8S/c1-21(2)31(26,27)14-7-5-13(6-8-14)20-19(23)15-11-17(29-4)18(30-10-9-28-3)12-16(15)22(24)25/h5-8,11-12H,9-10H2,1-4H3,(H,20,23). The van der Waals surface area contributed by atoms with Gasteiger partial charge in [0, 0.05) is 33.0 Å². The van der Waals surface area contributed by atoms with E-state index in [4.69, 9.17) is 14.2 Å². The minimum absolute atomic E-state index is 0.0423. The number of nitrogens with zero attached hydrogens (tertiary/aromatic N) is 2. The maximum Gasteiger partial charge on any atom is 0.286 e. The van der Waals surface area contributed by atoms with Crippen molar-refractivity contribution in [1.82, 2.24) is 4.31 Å². The fourth-order valence-corrected chi connectivity index (χ4v) is 3.41. The second-order valence-electron chi connectivity index (χ2n) is 6.38. The van der Waals surface area contributed by atoms with Crippen LogP contribution in [-0.2, 0) is 14.8 Å². The summed E-state index contributed by atoms with van der Waals surface area (Å²) < 4.78 is 40.8. The molecule has 31 heavy (non-hydrogen) atoms. The number of nitro benzene ring substituents is 1. The van der Waals surface area contributed by atoms with Crippen LogP contribution in [0.4, 0.5) is 11.4 Å². The van der Waals surface area contributed by atoms with Crippen LogP contribution in [0.3, 0.4) is 0 Å². The molecule has 0 aliphatic carbocycles. The fourth-order valence-electron chi connectivity index (χ4n) is 2.51. The lowest BCUT2D eigenvalue weighted by Crippen LogP contribution is -2.22. The molecular weight excluding hydrogens is 430 g/mol. The summed E-state index contributed by atoms with van der Waals surface area (Å²) in [5.74, 6) is -0.531. The van der Waals surface area contributed by atoms with Gasteiger partial charge in [0.2, 0.25) is 10.0 Å². The number of carbonyl (C=O) groups excluding carboxylic acids is 1. The highest BCUT2D eigenvalue weighted by Gasteiger charge is 2.25. The molecule has 1 N–H and O–H groups in total. The molecule has 0 fully saturated rings. The van der Waals surface area contributed by atoms with Gasteiger partial charge in [-0.05, 0) is 24.3 Å². The number of ether oxygens (including phenoxy) is 3. The molecule has 0 aliphatic rings. The van der Waals surface area contributed by atoms with Crippen LogP contribution in [0.25, 0.3) is 0 Å². The quantitative estimate of drug-likeness (QED) is 0.328. The average Bonchev–Trinajstić information content (AvgIpc) is 2.73. The first-order valence-electron chi connectivity index (χ1n) is 8.94. The number of hydrogen-bond donors (Lipinski definition) is 1. The van der Waals surface area contributed by atoms with Crippen molar-refractivity contribution in [2.45, 2.75) is 4.90 Å². The van der Waals surface area contributed by atoms with Crippen LogP contribution >= 0.6 is 0 Å². The minimum atomic E-state index is -3.62. The van der Waals surface area contributed by atoms with Gasteiger partial charge >= 0.3 is 0 Å². The van der Waals surface area contributed by atoms with Crippen molar-refractivity contribution in [3.63, 3.8) is 0 Å². The number of amides is 1. The van der Waals surface area contributed by atoms with E-state index < -0.39 is 26.5 Å². The second kappa shape index (κ2) is 10.2. The summed E-state index contributed by atoms with van der Waals surface area (Å²) in [6.07, 6.45) is 0. The van der Waals surface area contributed by atoms with E-state index in [9.17, 15) is 23.3 Å². The average molecular weight is 453 g/mol. The number of methoxy groups -OCH3 is 2. The Morgan fingerprint density at radius 3 is 2.26 bits per heavy atom. The summed E-state index contributed by atoms with van der Waals surface area (Å²) in [5.41, 5.74) is -0.458. The number of nitrogens with one attached hydrogen (secondary N) is 1. The van der Waals surface area contributed by atoms with E-state index >= 15 is 0 Å². The van der Waals surface area contributed by atoms with Crippen molar-refractivity contribution in [2.75, 3.05) is 46.8 Å². The lowest BCUT2D eigenvalue weighted by molar-refractivity contribution is -0.385. The molecular formula is C19H23N3O8S. The summed E-state index contributed by atoms with van der Waals surface area (Å²) in [5, 5.41) is 14.0. The van der Waals surface area contributed by atoms with Crippen LogP contribution in [0.2, 0.25) is 0 Å². The van der Waals surface area contributed by atoms with Crippen molar-refractivity contribution in [3.8, 4) is 11.5 Å². The second-order valence-corrected chi connectivity index (χ2v) is 8.54. The lowest BCUT2D eigenvalue weighted by atomic mass is 10.1. The van der Waals surface area contributed by atoms with Gasteiger partial charge in [0.05, 0.1) is 29.6 Å². The number of anilines is 1. The third kappa shape index (κ3) is 5.69. The highest BCUT2D eigenvalue weighted by atomic mass is 32.2. The van der Waals surface area contributed by atoms with Crippen molar-refractivity contribution in [3.05, 3.63) is 52.1 Å². The molecule has 0 saturated carbocycles. The first-order valence-corrected chi connectivity index (χ1v) is 10.4. The van der Waals surface area contributed by atoms with Gasteiger partial charge in [0.1, 0.15) is 12.2 Å². The predicted molar refractivity (Wildman–Crippen MR) is 112 cm³/mol. The zero-order valence-corrected chi connectivity index (χ0v) is 18.3. The van der Waals surface area contributed by atoms with Crippen LogP contribution in [0.5, 0.6) is 11.5 Å². The summed E-state index contributed by atoms with van der Waals surface area (Å²) >= 11 is 0. The Balaban J connectivity index is 2.32. The number of nitro groups is 1. The number of sulfonamides is 1. The van der Waals surface area contributed by atoms with Crippen LogP contribution in [0.15, 0.2) is 41.3 Å². The van der Waals surface area contributed by atoms with E-state index in [2.05, 4.69) is 5.32 Å². The molecule has 0 bridgehead atoms. The number of benzene rings is 2. The molecule has 2 aromatic rings. The van der Waals surface area contributed by atoms with Crippen molar-refractivity contribution >= 4 is 27.3 Å². The summed E-state index contributed by atoms with van der Waals surface area (Å²) in [4.78, 5) is 23.6. The number of hydrogen-bond acceptors (Lipinski definition) is 8. The van der Waals surface area contributed by atoms with E-state index in [0.717, 1.165) is 10.4 Å². The molecule has 1 amide bonds. The first kappa shape index (κ1) is 24.1. The summed E-state index contributed by atoms with van der Waals surface area (Å²) in [6.45, 7) is 0.399. The maximum absolute atomic E-state index is 12.7. The fraction of sp³-hybridized carbons (Fsp3) is 0.316. The molecule has 0 radical (unpaired) electrons. The molecule has 12 heteroatoms. The molecule has 0 heterocycles. The van der Waals surface area contributed by atoms with E-state index in [1.54, 1.807) is 0 Å². The molecule has 11 nitrogen and oxygen atoms in total. The van der Waals surface area contributed by atoms with Gasteiger partial charge in [-0.25, -0.2) is 12.7 Å². The monoisotopic (exact) mass is 453 g/mol. The van der Waals surface area contributed by atoms with E-state index in [1.807, 2.05) is 0 Å². The van der Waals surface area contributed by atoms with Crippen LogP contribution in [0.1, 0.15) is 10.4 Å². The van der Waals surface area contributed by atoms with E-state index in [1.165, 1.54) is 58.6 Å². The van der Waals surface area contributed by atoms with Gasteiger partial charge in [-0.15, -0.1) is 0 Å². The van der Waals surface area contributed by atoms with E-state index in [0.29, 0.717) is 0 Å². The van der Waals surface area contributed by atoms with Crippen LogP contribution in [0, 0.1) is 10.1 Å². The Morgan fingerprint density at radius 2 is 1.74 bits per heavy atom. The highest BCUT2D eigenvalue weighted by Crippen LogP contribution is 2.35. The Morgan fingerprint density at radius 1 is 1.10 bits per heavy atom. The van der Waals surface area contributed by atoms with Crippen molar-refractivity contribution < 1.29 is 32.3 Å². The predicted octanol–water partition coefficient (Wildman–Crippen LogP) is 2.13. The molecule has 0 atom stereocenters. The lowest BCUT2D eigenvalue weighted by Gasteiger charge is -2.13. The molecule has 168 valence electrons. The normalized spacial score (nSPS) is 11.3. The molecule has 0 spiro atoms. The maximum atomic E-state index is 12.7. The SMILES string of the molecule is COCCOc1cc([N+](=O)[O-])c(C(=O)Nc2ccc(S(=O)(=O)N(C)C)cc2)cc1OC. The minimum Gasteiger partial charge on any atom is -0.493 e. The molecule has 0 unspecified atom stereocenters. The molecule has 0 aliphatic heterocycles. The summed E-state index contributed by atoms with van der Waals surface area (Å²) in [7, 11) is 2.01. The third-order valence-corrected chi connectivity index (χ3v) is 5.99. The molecule has 2 rings (SSSR count). The third-order valence-electron chi connectivity index (χ3n) is 4.16. The zero-order valence-electron chi connectivity index (χ0n) is 17.4. The van der Waals surface area contributed by atoms with Gasteiger partial charge < -0.3 is 19.5 Å². The molecule has 0 aromatic heterocycles. The largest absolute Gasteiger partial charge is 0.493 e. The number of rotatable bonds is 10. The van der Waals surface area contributed by atoms with Crippen LogP contribution < -0.4 is 14.8 Å². The Kier molecular flexibility index (Phi) is 7.91. The van der Waals surface area contributed by atoms with E-state index in [-0.39, 0.29) is 40.9 Å². The molecule has 0 saturated heterocycles. The smallest absolute Gasteiger partial charge is 0.286 e.